The Hall–Kier alpha value is -1.41. The van der Waals surface area contributed by atoms with Crippen LogP contribution in [0.3, 0.4) is 0 Å². The van der Waals surface area contributed by atoms with Crippen LogP contribution in [0.5, 0.6) is 0 Å². The molecule has 0 spiro atoms. The zero-order chi connectivity index (χ0) is 12.7. The fourth-order valence-electron chi connectivity index (χ4n) is 1.11. The van der Waals surface area contributed by atoms with Crippen molar-refractivity contribution in [2.45, 2.75) is 0 Å². The largest absolute Gasteiger partial charge is 0.488 e. The van der Waals surface area contributed by atoms with E-state index in [-0.39, 0.29) is 6.61 Å². The lowest BCUT2D eigenvalue weighted by Gasteiger charge is -2.06. The Balaban J connectivity index is 2.46. The summed E-state index contributed by atoms with van der Waals surface area (Å²) >= 11 is 0. The van der Waals surface area contributed by atoms with Crippen molar-refractivity contribution in [3.05, 3.63) is 29.8 Å². The molecule has 0 heterocycles. The topological polar surface area (TPSA) is 88.0 Å². The summed E-state index contributed by atoms with van der Waals surface area (Å²) in [5.74, 6) is -0.403. The van der Waals surface area contributed by atoms with Crippen LogP contribution in [0, 0.1) is 0 Å². The lowest BCUT2D eigenvalue weighted by molar-refractivity contribution is 0.00889. The number of hydrogen-bond acceptors (Lipinski definition) is 5. The standard InChI is InChI=1S/C10H14BNO5/c1-16-6-7-17-12-10(13)8-2-4-9(5-3-8)11(14)15/h2-5,14-15H,6-7H2,1H3,(H,12,13). The van der Waals surface area contributed by atoms with E-state index in [1.54, 1.807) is 0 Å². The molecule has 6 nitrogen and oxygen atoms in total. The van der Waals surface area contributed by atoms with Crippen molar-refractivity contribution < 1.29 is 24.4 Å². The Morgan fingerprint density at radius 3 is 2.47 bits per heavy atom. The molecule has 0 aliphatic heterocycles. The molecule has 7 heteroatoms. The summed E-state index contributed by atoms with van der Waals surface area (Å²) in [6.07, 6.45) is 0. The number of methoxy groups -OCH3 is 1. The first-order chi connectivity index (χ1) is 8.15. The summed E-state index contributed by atoms with van der Waals surface area (Å²) in [4.78, 5) is 16.3. The highest BCUT2D eigenvalue weighted by molar-refractivity contribution is 6.58. The number of benzene rings is 1. The van der Waals surface area contributed by atoms with Crippen molar-refractivity contribution in [3.8, 4) is 0 Å². The number of amides is 1. The number of carbonyl (C=O) groups excluding carboxylic acids is 1. The minimum absolute atomic E-state index is 0.260. The smallest absolute Gasteiger partial charge is 0.423 e. The first kappa shape index (κ1) is 13.7. The molecule has 0 bridgehead atoms. The molecule has 3 N–H and O–H groups in total. The Bertz CT molecular complexity index is 354. The van der Waals surface area contributed by atoms with E-state index in [1.807, 2.05) is 0 Å². The van der Waals surface area contributed by atoms with E-state index in [2.05, 4.69) is 5.48 Å². The zero-order valence-electron chi connectivity index (χ0n) is 9.42. The number of hydrogen-bond donors (Lipinski definition) is 3. The van der Waals surface area contributed by atoms with Gasteiger partial charge in [0, 0.05) is 12.7 Å². The first-order valence-corrected chi connectivity index (χ1v) is 5.02. The number of hydroxylamine groups is 1. The maximum atomic E-state index is 11.5. The van der Waals surface area contributed by atoms with Gasteiger partial charge in [0.2, 0.25) is 0 Å². The normalized spacial score (nSPS) is 10.1. The lowest BCUT2D eigenvalue weighted by atomic mass is 9.80. The average molecular weight is 239 g/mol. The molecule has 17 heavy (non-hydrogen) atoms. The Morgan fingerprint density at radius 1 is 1.29 bits per heavy atom. The SMILES string of the molecule is COCCONC(=O)c1ccc(B(O)O)cc1. The first-order valence-electron chi connectivity index (χ1n) is 5.02. The van der Waals surface area contributed by atoms with Gasteiger partial charge in [-0.1, -0.05) is 12.1 Å². The second-order valence-electron chi connectivity index (χ2n) is 3.27. The Morgan fingerprint density at radius 2 is 1.94 bits per heavy atom. The van der Waals surface area contributed by atoms with Gasteiger partial charge in [-0.25, -0.2) is 5.48 Å². The molecular weight excluding hydrogens is 225 g/mol. The van der Waals surface area contributed by atoms with Crippen LogP contribution >= 0.6 is 0 Å². The van der Waals surface area contributed by atoms with Gasteiger partial charge in [-0.05, 0) is 17.6 Å². The fraction of sp³-hybridized carbons (Fsp3) is 0.300. The third-order valence-electron chi connectivity index (χ3n) is 2.03. The third-order valence-corrected chi connectivity index (χ3v) is 2.03. The maximum Gasteiger partial charge on any atom is 0.488 e. The summed E-state index contributed by atoms with van der Waals surface area (Å²) in [6, 6.07) is 5.86. The summed E-state index contributed by atoms with van der Waals surface area (Å²) in [6.45, 7) is 0.644. The minimum Gasteiger partial charge on any atom is -0.423 e. The summed E-state index contributed by atoms with van der Waals surface area (Å²) in [5.41, 5.74) is 2.93. The molecular formula is C10H14BNO5. The number of nitrogens with one attached hydrogen (secondary N) is 1. The van der Waals surface area contributed by atoms with Gasteiger partial charge in [-0.2, -0.15) is 0 Å². The number of rotatable bonds is 6. The summed E-state index contributed by atoms with van der Waals surface area (Å²) in [7, 11) is -0.00513. The van der Waals surface area contributed by atoms with Crippen LogP contribution in [0.2, 0.25) is 0 Å². The zero-order valence-corrected chi connectivity index (χ0v) is 9.42. The number of ether oxygens (including phenoxy) is 1. The third kappa shape index (κ3) is 4.53. The molecule has 1 rings (SSSR count). The van der Waals surface area contributed by atoms with Crippen LogP contribution in [0.1, 0.15) is 10.4 Å². The van der Waals surface area contributed by atoms with Crippen LogP contribution in [0.25, 0.3) is 0 Å². The van der Waals surface area contributed by atoms with Gasteiger partial charge in [0.05, 0.1) is 13.2 Å². The van der Waals surface area contributed by atoms with E-state index in [4.69, 9.17) is 19.6 Å². The number of carbonyl (C=O) groups is 1. The monoisotopic (exact) mass is 239 g/mol. The second kappa shape index (κ2) is 7.03. The van der Waals surface area contributed by atoms with Crippen LogP contribution < -0.4 is 10.9 Å². The molecule has 0 aliphatic rings. The second-order valence-corrected chi connectivity index (χ2v) is 3.27. The average Bonchev–Trinajstić information content (AvgIpc) is 2.34. The van der Waals surface area contributed by atoms with Crippen molar-refractivity contribution in [1.82, 2.24) is 5.48 Å². The van der Waals surface area contributed by atoms with E-state index >= 15 is 0 Å². The van der Waals surface area contributed by atoms with Gasteiger partial charge in [-0.3, -0.25) is 9.63 Å². The van der Waals surface area contributed by atoms with Gasteiger partial charge < -0.3 is 14.8 Å². The minimum atomic E-state index is -1.54. The van der Waals surface area contributed by atoms with E-state index in [0.29, 0.717) is 17.6 Å². The van der Waals surface area contributed by atoms with E-state index in [1.165, 1.54) is 31.4 Å². The predicted molar refractivity (Wildman–Crippen MR) is 61.6 cm³/mol. The van der Waals surface area contributed by atoms with Crippen LogP contribution in [0.15, 0.2) is 24.3 Å². The molecule has 0 aromatic heterocycles. The van der Waals surface area contributed by atoms with Crippen molar-refractivity contribution >= 4 is 18.5 Å². The van der Waals surface area contributed by atoms with Gasteiger partial charge in [0.25, 0.3) is 5.91 Å². The molecule has 1 aromatic rings. The van der Waals surface area contributed by atoms with Crippen molar-refractivity contribution in [2.24, 2.45) is 0 Å². The van der Waals surface area contributed by atoms with Gasteiger partial charge in [0.1, 0.15) is 0 Å². The van der Waals surface area contributed by atoms with Crippen molar-refractivity contribution in [2.75, 3.05) is 20.3 Å². The van der Waals surface area contributed by atoms with Crippen LogP contribution in [-0.4, -0.2) is 43.4 Å². The Kier molecular flexibility index (Phi) is 5.64. The highest BCUT2D eigenvalue weighted by Gasteiger charge is 2.11. The summed E-state index contributed by atoms with van der Waals surface area (Å²) < 4.78 is 4.74. The quantitative estimate of drug-likeness (QED) is 0.325. The van der Waals surface area contributed by atoms with E-state index in [9.17, 15) is 4.79 Å². The molecule has 0 fully saturated rings. The molecule has 0 radical (unpaired) electrons. The fourth-order valence-corrected chi connectivity index (χ4v) is 1.11. The molecule has 0 aliphatic carbocycles. The van der Waals surface area contributed by atoms with Crippen molar-refractivity contribution in [3.63, 3.8) is 0 Å². The molecule has 1 amide bonds. The van der Waals surface area contributed by atoms with E-state index in [0.717, 1.165) is 0 Å². The molecule has 0 saturated carbocycles. The van der Waals surface area contributed by atoms with Gasteiger partial charge in [0.15, 0.2) is 0 Å². The highest BCUT2D eigenvalue weighted by Crippen LogP contribution is 1.97. The molecule has 0 unspecified atom stereocenters. The lowest BCUT2D eigenvalue weighted by Crippen LogP contribution is -2.30. The molecule has 92 valence electrons. The van der Waals surface area contributed by atoms with Crippen LogP contribution in [0.4, 0.5) is 0 Å². The van der Waals surface area contributed by atoms with Gasteiger partial charge >= 0.3 is 7.12 Å². The molecule has 0 atom stereocenters. The van der Waals surface area contributed by atoms with Gasteiger partial charge in [-0.15, -0.1) is 0 Å². The molecule has 1 aromatic carbocycles. The van der Waals surface area contributed by atoms with E-state index < -0.39 is 13.0 Å². The molecule has 0 saturated heterocycles. The predicted octanol–water partition coefficient (Wildman–Crippen LogP) is -1.33. The maximum absolute atomic E-state index is 11.5. The summed E-state index contributed by atoms with van der Waals surface area (Å²) in [5, 5.41) is 17.7. The van der Waals surface area contributed by atoms with Crippen molar-refractivity contribution in [1.29, 1.82) is 0 Å². The van der Waals surface area contributed by atoms with Crippen LogP contribution in [-0.2, 0) is 9.57 Å². The Labute approximate surface area is 99.3 Å². The highest BCUT2D eigenvalue weighted by atomic mass is 16.7.